The van der Waals surface area contributed by atoms with E-state index in [4.69, 9.17) is 0 Å². The van der Waals surface area contributed by atoms with Gasteiger partial charge in [0.05, 0.1) is 0 Å². The second-order valence-corrected chi connectivity index (χ2v) is 8.31. The summed E-state index contributed by atoms with van der Waals surface area (Å²) in [5.41, 5.74) is 3.58. The number of hydrogen-bond acceptors (Lipinski definition) is 4. The van der Waals surface area contributed by atoms with Crippen molar-refractivity contribution in [3.05, 3.63) is 29.6 Å². The van der Waals surface area contributed by atoms with Gasteiger partial charge in [0.2, 0.25) is 5.91 Å². The minimum atomic E-state index is 0.101. The lowest BCUT2D eigenvalue weighted by molar-refractivity contribution is -0.129. The lowest BCUT2D eigenvalue weighted by Crippen LogP contribution is -2.36. The quantitative estimate of drug-likeness (QED) is 0.847. The van der Waals surface area contributed by atoms with Crippen LogP contribution in [-0.2, 0) is 17.9 Å². The van der Waals surface area contributed by atoms with Crippen molar-refractivity contribution in [1.82, 2.24) is 19.4 Å². The van der Waals surface area contributed by atoms with Crippen molar-refractivity contribution >= 4 is 16.9 Å². The smallest absolute Gasteiger partial charge is 0.242 e. The molecule has 0 radical (unpaired) electrons. The second kappa shape index (κ2) is 7.60. The number of amides is 1. The zero-order valence-electron chi connectivity index (χ0n) is 16.4. The average molecular weight is 370 g/mol. The van der Waals surface area contributed by atoms with Crippen molar-refractivity contribution in [3.63, 3.8) is 0 Å². The molecule has 146 valence electrons. The fourth-order valence-corrected chi connectivity index (χ4v) is 4.36. The fraction of sp³-hybridized carbons (Fsp3) is 0.619. The van der Waals surface area contributed by atoms with Gasteiger partial charge in [0.25, 0.3) is 0 Å². The van der Waals surface area contributed by atoms with Gasteiger partial charge in [-0.15, -0.1) is 0 Å². The Kier molecular flexibility index (Phi) is 5.19. The van der Waals surface area contributed by atoms with Gasteiger partial charge in [0, 0.05) is 51.1 Å². The molecule has 1 amide bonds. The van der Waals surface area contributed by atoms with E-state index < -0.39 is 0 Å². The summed E-state index contributed by atoms with van der Waals surface area (Å²) in [5, 5.41) is 10.7. The number of likely N-dealkylation sites (N-methyl/N-ethyl adjacent to an activating group) is 1. The largest absolute Gasteiger partial charge is 0.396 e. The van der Waals surface area contributed by atoms with E-state index in [0.29, 0.717) is 18.4 Å². The van der Waals surface area contributed by atoms with E-state index in [0.717, 1.165) is 38.1 Å². The van der Waals surface area contributed by atoms with Gasteiger partial charge in [-0.2, -0.15) is 0 Å². The first kappa shape index (κ1) is 18.4. The second-order valence-electron chi connectivity index (χ2n) is 8.31. The van der Waals surface area contributed by atoms with Crippen molar-refractivity contribution in [2.45, 2.75) is 44.7 Å². The Balaban J connectivity index is 1.73. The van der Waals surface area contributed by atoms with Gasteiger partial charge in [0.15, 0.2) is 0 Å². The zero-order valence-corrected chi connectivity index (χ0v) is 16.4. The number of aliphatic hydroxyl groups excluding tert-OH is 1. The number of carbonyl (C=O) groups is 1. The molecule has 1 N–H and O–H groups in total. The molecule has 2 aromatic heterocycles. The molecule has 1 aliphatic heterocycles. The first-order valence-corrected chi connectivity index (χ1v) is 10.1. The molecule has 1 saturated heterocycles. The summed E-state index contributed by atoms with van der Waals surface area (Å²) in [6.07, 6.45) is 6.46. The summed E-state index contributed by atoms with van der Waals surface area (Å²) in [4.78, 5) is 21.2. The first-order valence-electron chi connectivity index (χ1n) is 10.1. The number of fused-ring (bicyclic) bond motifs is 1. The average Bonchev–Trinajstić information content (AvgIpc) is 3.47. The van der Waals surface area contributed by atoms with E-state index in [1.54, 1.807) is 4.90 Å². The Morgan fingerprint density at radius 3 is 2.85 bits per heavy atom. The van der Waals surface area contributed by atoms with Crippen LogP contribution in [-0.4, -0.2) is 64.2 Å². The van der Waals surface area contributed by atoms with E-state index in [1.807, 2.05) is 26.4 Å². The molecular weight excluding hydrogens is 340 g/mol. The van der Waals surface area contributed by atoms with Crippen LogP contribution in [0.15, 0.2) is 18.3 Å². The van der Waals surface area contributed by atoms with Crippen LogP contribution in [0.5, 0.6) is 0 Å². The Morgan fingerprint density at radius 1 is 1.33 bits per heavy atom. The summed E-state index contributed by atoms with van der Waals surface area (Å²) in [7, 11) is 3.61. The SMILES string of the molecule is CN(C)C(=O)Cn1c(C2CC2)c(CN2CCCC(CO)C2)c2cccnc21. The van der Waals surface area contributed by atoms with Crippen LogP contribution in [0.1, 0.15) is 42.9 Å². The van der Waals surface area contributed by atoms with Crippen LogP contribution in [0, 0.1) is 5.92 Å². The van der Waals surface area contributed by atoms with Crippen molar-refractivity contribution in [1.29, 1.82) is 0 Å². The summed E-state index contributed by atoms with van der Waals surface area (Å²) in [6, 6.07) is 4.14. The summed E-state index contributed by atoms with van der Waals surface area (Å²) < 4.78 is 2.16. The van der Waals surface area contributed by atoms with Crippen molar-refractivity contribution in [3.8, 4) is 0 Å². The number of pyridine rings is 1. The summed E-state index contributed by atoms with van der Waals surface area (Å²) in [6.45, 7) is 3.53. The molecule has 2 aromatic rings. The maximum atomic E-state index is 12.5. The molecule has 3 heterocycles. The van der Waals surface area contributed by atoms with Crippen molar-refractivity contribution < 1.29 is 9.90 Å². The van der Waals surface area contributed by atoms with E-state index in [2.05, 4.69) is 20.5 Å². The molecule has 1 saturated carbocycles. The van der Waals surface area contributed by atoms with Gasteiger partial charge in [-0.3, -0.25) is 9.69 Å². The van der Waals surface area contributed by atoms with Crippen LogP contribution in [0.2, 0.25) is 0 Å². The van der Waals surface area contributed by atoms with E-state index in [-0.39, 0.29) is 12.5 Å². The molecular formula is C21H30N4O2. The maximum Gasteiger partial charge on any atom is 0.242 e. The normalized spacial score (nSPS) is 20.9. The third-order valence-electron chi connectivity index (χ3n) is 5.97. The molecule has 1 unspecified atom stereocenters. The highest BCUT2D eigenvalue weighted by Gasteiger charge is 2.33. The minimum Gasteiger partial charge on any atom is -0.396 e. The molecule has 2 aliphatic rings. The Hall–Kier alpha value is -1.92. The van der Waals surface area contributed by atoms with Gasteiger partial charge in [-0.05, 0) is 61.8 Å². The Morgan fingerprint density at radius 2 is 2.15 bits per heavy atom. The van der Waals surface area contributed by atoms with Gasteiger partial charge in [0.1, 0.15) is 12.2 Å². The molecule has 6 heteroatoms. The van der Waals surface area contributed by atoms with Gasteiger partial charge < -0.3 is 14.6 Å². The molecule has 4 rings (SSSR count). The van der Waals surface area contributed by atoms with Gasteiger partial charge in [-0.1, -0.05) is 0 Å². The van der Waals surface area contributed by atoms with Gasteiger partial charge >= 0.3 is 0 Å². The first-order chi connectivity index (χ1) is 13.1. The lowest BCUT2D eigenvalue weighted by Gasteiger charge is -2.32. The Bertz CT molecular complexity index is 825. The fourth-order valence-electron chi connectivity index (χ4n) is 4.36. The topological polar surface area (TPSA) is 61.6 Å². The van der Waals surface area contributed by atoms with Crippen molar-refractivity contribution in [2.75, 3.05) is 33.8 Å². The van der Waals surface area contributed by atoms with Crippen molar-refractivity contribution in [2.24, 2.45) is 5.92 Å². The number of aliphatic hydroxyl groups is 1. The molecule has 27 heavy (non-hydrogen) atoms. The molecule has 2 fully saturated rings. The molecule has 6 nitrogen and oxygen atoms in total. The van der Waals surface area contributed by atoms with Crippen LogP contribution in [0.3, 0.4) is 0 Å². The number of likely N-dealkylation sites (tertiary alicyclic amines) is 1. The summed E-state index contributed by atoms with van der Waals surface area (Å²) >= 11 is 0. The standard InChI is InChI=1S/C21H30N4O2/c1-23(2)19(27)13-25-20(16-7-8-16)18(17-6-3-9-22-21(17)25)12-24-10-4-5-15(11-24)14-26/h3,6,9,15-16,26H,4-5,7-8,10-14H2,1-2H3. The monoisotopic (exact) mass is 370 g/mol. The highest BCUT2D eigenvalue weighted by Crippen LogP contribution is 2.45. The van der Waals surface area contributed by atoms with E-state index in [1.165, 1.54) is 29.5 Å². The van der Waals surface area contributed by atoms with Crippen LogP contribution in [0.4, 0.5) is 0 Å². The predicted octanol–water partition coefficient (Wildman–Crippen LogP) is 2.21. The lowest BCUT2D eigenvalue weighted by atomic mass is 9.98. The number of rotatable bonds is 6. The molecule has 0 aromatic carbocycles. The Labute approximate surface area is 160 Å². The van der Waals surface area contributed by atoms with Crippen LogP contribution >= 0.6 is 0 Å². The zero-order chi connectivity index (χ0) is 19.0. The number of hydrogen-bond donors (Lipinski definition) is 1. The van der Waals surface area contributed by atoms with Crippen LogP contribution in [0.25, 0.3) is 11.0 Å². The minimum absolute atomic E-state index is 0.101. The molecule has 1 aliphatic carbocycles. The third-order valence-corrected chi connectivity index (χ3v) is 5.97. The molecule has 0 bridgehead atoms. The number of carbonyl (C=O) groups excluding carboxylic acids is 1. The third kappa shape index (κ3) is 3.73. The predicted molar refractivity (Wildman–Crippen MR) is 105 cm³/mol. The summed E-state index contributed by atoms with van der Waals surface area (Å²) in [5.74, 6) is 1.02. The number of piperidine rings is 1. The van der Waals surface area contributed by atoms with Gasteiger partial charge in [-0.25, -0.2) is 4.98 Å². The van der Waals surface area contributed by atoms with E-state index >= 15 is 0 Å². The highest BCUT2D eigenvalue weighted by molar-refractivity contribution is 5.85. The number of aromatic nitrogens is 2. The highest BCUT2D eigenvalue weighted by atomic mass is 16.3. The molecule has 1 atom stereocenters. The van der Waals surface area contributed by atoms with Crippen LogP contribution < -0.4 is 0 Å². The maximum absolute atomic E-state index is 12.5. The van der Waals surface area contributed by atoms with E-state index in [9.17, 15) is 9.90 Å². The number of nitrogens with zero attached hydrogens (tertiary/aromatic N) is 4. The molecule has 0 spiro atoms.